The van der Waals surface area contributed by atoms with Gasteiger partial charge in [-0.1, -0.05) is 13.8 Å². The monoisotopic (exact) mass is 392 g/mol. The van der Waals surface area contributed by atoms with E-state index in [9.17, 15) is 19.8 Å². The maximum absolute atomic E-state index is 12.4. The minimum Gasteiger partial charge on any atom is -0.463 e. The van der Waals surface area contributed by atoms with Gasteiger partial charge in [0.15, 0.2) is 5.78 Å². The van der Waals surface area contributed by atoms with Crippen molar-refractivity contribution >= 4 is 11.8 Å². The number of fused-ring (bicyclic) bond motifs is 5. The lowest BCUT2D eigenvalue weighted by Gasteiger charge is -2.63. The number of hydrogen-bond donors (Lipinski definition) is 2. The quantitative estimate of drug-likeness (QED) is 0.720. The van der Waals surface area contributed by atoms with Gasteiger partial charge in [-0.2, -0.15) is 0 Å². The lowest BCUT2D eigenvalue weighted by atomic mass is 9.43. The first-order valence-corrected chi connectivity index (χ1v) is 11.2. The van der Waals surface area contributed by atoms with Gasteiger partial charge in [-0.05, 0) is 81.0 Å². The van der Waals surface area contributed by atoms with E-state index in [1.165, 1.54) is 6.92 Å². The second-order valence-electron chi connectivity index (χ2n) is 10.6. The van der Waals surface area contributed by atoms with E-state index in [1.54, 1.807) is 0 Å². The molecular weight excluding hydrogens is 356 g/mol. The van der Waals surface area contributed by atoms with Crippen LogP contribution >= 0.6 is 0 Å². The third-order valence-electron chi connectivity index (χ3n) is 9.68. The van der Waals surface area contributed by atoms with Crippen LogP contribution in [-0.2, 0) is 14.3 Å². The first kappa shape index (κ1) is 20.3. The molecule has 0 aromatic carbocycles. The summed E-state index contributed by atoms with van der Waals surface area (Å²) in [5.74, 6) is 0.735. The van der Waals surface area contributed by atoms with E-state index in [0.717, 1.165) is 44.9 Å². The minimum absolute atomic E-state index is 0.0436. The number of ether oxygens (including phenoxy) is 1. The molecule has 0 amide bonds. The molecule has 0 radical (unpaired) electrons. The molecule has 5 heteroatoms. The van der Waals surface area contributed by atoms with E-state index >= 15 is 0 Å². The van der Waals surface area contributed by atoms with Crippen LogP contribution in [0.5, 0.6) is 0 Å². The Balaban J connectivity index is 1.58. The van der Waals surface area contributed by atoms with Crippen molar-refractivity contribution in [3.63, 3.8) is 0 Å². The third-order valence-corrected chi connectivity index (χ3v) is 9.68. The molecule has 4 rings (SSSR count). The lowest BCUT2D eigenvalue weighted by molar-refractivity contribution is -0.212. The van der Waals surface area contributed by atoms with Gasteiger partial charge in [0, 0.05) is 18.3 Å². The number of ketones is 1. The van der Waals surface area contributed by atoms with Crippen LogP contribution in [0.2, 0.25) is 0 Å². The molecule has 0 aromatic heterocycles. The summed E-state index contributed by atoms with van der Waals surface area (Å²) in [5.41, 5.74) is -1.03. The topological polar surface area (TPSA) is 83.8 Å². The zero-order valence-corrected chi connectivity index (χ0v) is 17.6. The van der Waals surface area contributed by atoms with Crippen molar-refractivity contribution < 1.29 is 24.5 Å². The number of hydrogen-bond acceptors (Lipinski definition) is 5. The summed E-state index contributed by atoms with van der Waals surface area (Å²) in [7, 11) is 0. The van der Waals surface area contributed by atoms with Crippen LogP contribution in [0.25, 0.3) is 0 Å². The minimum atomic E-state index is -0.799. The van der Waals surface area contributed by atoms with Crippen molar-refractivity contribution in [3.05, 3.63) is 0 Å². The lowest BCUT2D eigenvalue weighted by Crippen LogP contribution is -2.62. The van der Waals surface area contributed by atoms with E-state index in [4.69, 9.17) is 4.74 Å². The summed E-state index contributed by atoms with van der Waals surface area (Å²) in [5, 5.41) is 21.4. The highest BCUT2D eigenvalue weighted by atomic mass is 16.5. The average molecular weight is 393 g/mol. The van der Waals surface area contributed by atoms with Crippen molar-refractivity contribution in [1.82, 2.24) is 0 Å². The van der Waals surface area contributed by atoms with Gasteiger partial charge in [-0.25, -0.2) is 0 Å². The molecule has 0 bridgehead atoms. The maximum Gasteiger partial charge on any atom is 0.302 e. The Bertz CT molecular complexity index is 661. The van der Waals surface area contributed by atoms with Crippen molar-refractivity contribution in [3.8, 4) is 0 Å². The maximum atomic E-state index is 12.4. The normalized spacial score (nSPS) is 50.2. The Morgan fingerprint density at radius 2 is 1.75 bits per heavy atom. The zero-order valence-electron chi connectivity index (χ0n) is 17.6. The summed E-state index contributed by atoms with van der Waals surface area (Å²) in [6.07, 6.45) is 8.28. The molecule has 5 nitrogen and oxygen atoms in total. The van der Waals surface area contributed by atoms with E-state index in [2.05, 4.69) is 13.8 Å². The first-order valence-electron chi connectivity index (χ1n) is 11.2. The molecule has 4 fully saturated rings. The second-order valence-corrected chi connectivity index (χ2v) is 10.6. The summed E-state index contributed by atoms with van der Waals surface area (Å²) in [6, 6.07) is 0. The Morgan fingerprint density at radius 1 is 1.00 bits per heavy atom. The third kappa shape index (κ3) is 2.72. The van der Waals surface area contributed by atoms with Gasteiger partial charge >= 0.3 is 5.97 Å². The van der Waals surface area contributed by atoms with Crippen molar-refractivity contribution in [2.45, 2.75) is 90.3 Å². The molecule has 28 heavy (non-hydrogen) atoms. The molecule has 4 aliphatic rings. The molecule has 0 saturated heterocycles. The summed E-state index contributed by atoms with van der Waals surface area (Å²) in [6.45, 7) is 5.57. The Kier molecular flexibility index (Phi) is 4.94. The molecule has 0 heterocycles. The molecule has 4 aliphatic carbocycles. The van der Waals surface area contributed by atoms with Gasteiger partial charge < -0.3 is 14.9 Å². The number of carbonyl (C=O) groups excluding carboxylic acids is 2. The first-order chi connectivity index (χ1) is 13.2. The van der Waals surface area contributed by atoms with Gasteiger partial charge in [0.2, 0.25) is 0 Å². The number of esters is 1. The Morgan fingerprint density at radius 3 is 2.43 bits per heavy atom. The predicted octanol–water partition coefficient (Wildman–Crippen LogP) is 3.25. The number of carbonyl (C=O) groups is 2. The number of Topliss-reactive ketones (excluding diaryl/α,β-unsaturated/α-hetero) is 1. The summed E-state index contributed by atoms with van der Waals surface area (Å²) >= 11 is 0. The number of aliphatic hydroxyl groups is 2. The summed E-state index contributed by atoms with van der Waals surface area (Å²) in [4.78, 5) is 23.8. The molecule has 2 N–H and O–H groups in total. The molecule has 0 aromatic rings. The van der Waals surface area contributed by atoms with Crippen LogP contribution < -0.4 is 0 Å². The smallest absolute Gasteiger partial charge is 0.302 e. The molecule has 8 atom stereocenters. The fraction of sp³-hybridized carbons (Fsp3) is 0.913. The van der Waals surface area contributed by atoms with Crippen LogP contribution in [0.1, 0.15) is 78.6 Å². The number of rotatable bonds is 3. The predicted molar refractivity (Wildman–Crippen MR) is 104 cm³/mol. The Labute approximate surface area is 168 Å². The highest BCUT2D eigenvalue weighted by Crippen LogP contribution is 2.69. The molecular formula is C23H36O5. The van der Waals surface area contributed by atoms with E-state index < -0.39 is 17.6 Å². The van der Waals surface area contributed by atoms with E-state index in [1.807, 2.05) is 0 Å². The van der Waals surface area contributed by atoms with Crippen LogP contribution in [0, 0.1) is 34.5 Å². The highest BCUT2D eigenvalue weighted by Gasteiger charge is 2.68. The fourth-order valence-electron chi connectivity index (χ4n) is 8.15. The Hall–Kier alpha value is -0.940. The largest absolute Gasteiger partial charge is 0.463 e. The van der Waals surface area contributed by atoms with Gasteiger partial charge in [0.05, 0.1) is 5.60 Å². The molecule has 0 unspecified atom stereocenters. The molecule has 158 valence electrons. The average Bonchev–Trinajstić information content (AvgIpc) is 2.92. The molecule has 0 aliphatic heterocycles. The van der Waals surface area contributed by atoms with E-state index in [-0.39, 0.29) is 35.1 Å². The highest BCUT2D eigenvalue weighted by molar-refractivity contribution is 5.83. The van der Waals surface area contributed by atoms with Crippen LogP contribution in [-0.4, -0.2) is 40.3 Å². The van der Waals surface area contributed by atoms with E-state index in [0.29, 0.717) is 24.7 Å². The zero-order chi connectivity index (χ0) is 20.3. The fourth-order valence-corrected chi connectivity index (χ4v) is 8.15. The summed E-state index contributed by atoms with van der Waals surface area (Å²) < 4.78 is 5.53. The van der Waals surface area contributed by atoms with Crippen LogP contribution in [0.3, 0.4) is 0 Å². The molecule has 0 spiro atoms. The number of aliphatic hydroxyl groups excluding tert-OH is 1. The van der Waals surface area contributed by atoms with Crippen molar-refractivity contribution in [1.29, 1.82) is 0 Å². The van der Waals surface area contributed by atoms with Crippen LogP contribution in [0.4, 0.5) is 0 Å². The van der Waals surface area contributed by atoms with Crippen molar-refractivity contribution in [2.75, 3.05) is 6.61 Å². The van der Waals surface area contributed by atoms with Gasteiger partial charge in [-0.3, -0.25) is 9.59 Å². The van der Waals surface area contributed by atoms with Gasteiger partial charge in [0.25, 0.3) is 0 Å². The van der Waals surface area contributed by atoms with Gasteiger partial charge in [-0.15, -0.1) is 0 Å². The molecule has 4 saturated carbocycles. The van der Waals surface area contributed by atoms with Crippen molar-refractivity contribution in [2.24, 2.45) is 34.5 Å². The van der Waals surface area contributed by atoms with Gasteiger partial charge in [0.1, 0.15) is 12.7 Å². The SMILES string of the molecule is CC(=O)O[C@H]1CC[C@@]2(C)[C@H](CC[C@@H]3[C@@H]2CC[C@]2(C)[C@@H](C(=O)CO)CC[C@]32O)C1. The standard InChI is InChI=1S/C23H36O5/c1-14(25)28-16-6-9-21(2)15(12-16)4-5-18-17(21)7-10-22(3)19(20(26)13-24)8-11-23(18,22)27/h15-19,24,27H,4-13H2,1-3H3/t15-,16+,17+,18-,19-,21+,22-,23+/m1/s1. The second kappa shape index (κ2) is 6.80. The van der Waals surface area contributed by atoms with Crippen LogP contribution in [0.15, 0.2) is 0 Å².